The molecule has 4 heteroatoms. The van der Waals surface area contributed by atoms with Gasteiger partial charge in [0.25, 0.3) is 0 Å². The van der Waals surface area contributed by atoms with Crippen molar-refractivity contribution < 1.29 is 0 Å². The summed E-state index contributed by atoms with van der Waals surface area (Å²) < 4.78 is 4.88. The van der Waals surface area contributed by atoms with Crippen LogP contribution < -0.4 is 10.4 Å². The number of nitrogens with zero attached hydrogens (tertiary/aromatic N) is 2. The summed E-state index contributed by atoms with van der Waals surface area (Å²) >= 11 is 0. The minimum absolute atomic E-state index is 1.19. The summed E-state index contributed by atoms with van der Waals surface area (Å²) in [5, 5.41) is 8.30. The van der Waals surface area contributed by atoms with Gasteiger partial charge in [-0.05, 0) is 59.7 Å². The van der Waals surface area contributed by atoms with E-state index in [1.807, 2.05) is 0 Å². The Morgan fingerprint density at radius 3 is 1.15 bits per heavy atom. The molecule has 0 atom stereocenters. The molecule has 0 amide bonds. The standard InChI is InChI=1S/C42H40N2Si2/c1-45(2,3)33-21-23-41-37(27-33)35-17-7-9-19-39(35)43(41)31-15-11-13-29(25-31)30-14-12-16-32(26-30)44-40-20-10-8-18-36(40)38-28-34(46(4,5)6)22-24-42(38)44/h7-28H,1-6H3. The van der Waals surface area contributed by atoms with Gasteiger partial charge in [-0.3, -0.25) is 0 Å². The number of rotatable bonds is 5. The smallest absolute Gasteiger partial charge is 0.0776 e. The predicted molar refractivity (Wildman–Crippen MR) is 207 cm³/mol. The number of benzene rings is 6. The average molecular weight is 629 g/mol. The van der Waals surface area contributed by atoms with Crippen LogP contribution in [0.25, 0.3) is 66.1 Å². The zero-order chi connectivity index (χ0) is 31.8. The Kier molecular flexibility index (Phi) is 6.54. The van der Waals surface area contributed by atoms with E-state index in [0.29, 0.717) is 0 Å². The minimum Gasteiger partial charge on any atom is -0.309 e. The number of hydrogen-bond acceptors (Lipinski definition) is 0. The molecule has 0 saturated carbocycles. The molecule has 0 radical (unpaired) electrons. The second-order valence-electron chi connectivity index (χ2n) is 14.8. The van der Waals surface area contributed by atoms with Crippen molar-refractivity contribution in [2.75, 3.05) is 0 Å². The molecule has 0 aliphatic carbocycles. The van der Waals surface area contributed by atoms with Gasteiger partial charge in [-0.15, -0.1) is 0 Å². The summed E-state index contributed by atoms with van der Waals surface area (Å²) in [6, 6.07) is 50.1. The molecule has 0 aliphatic heterocycles. The molecule has 2 nitrogen and oxygen atoms in total. The van der Waals surface area contributed by atoms with E-state index < -0.39 is 16.1 Å². The Balaban J connectivity index is 1.28. The first-order valence-corrected chi connectivity index (χ1v) is 23.4. The molecular formula is C42H40N2Si2. The monoisotopic (exact) mass is 628 g/mol. The fourth-order valence-corrected chi connectivity index (χ4v) is 9.41. The van der Waals surface area contributed by atoms with Gasteiger partial charge in [-0.1, -0.05) is 135 Å². The van der Waals surface area contributed by atoms with E-state index in [4.69, 9.17) is 0 Å². The molecule has 2 aromatic heterocycles. The lowest BCUT2D eigenvalue weighted by Gasteiger charge is -2.17. The SMILES string of the molecule is C[Si](C)(C)c1ccc2c(c1)c1ccccc1n2-c1cccc(-c2cccc(-n3c4ccccc4c4cc([Si](C)(C)C)ccc43)c2)c1. The van der Waals surface area contributed by atoms with Crippen LogP contribution in [0, 0.1) is 0 Å². The third kappa shape index (κ3) is 4.67. The maximum absolute atomic E-state index is 2.45. The van der Waals surface area contributed by atoms with Crippen LogP contribution >= 0.6 is 0 Å². The maximum atomic E-state index is 2.45. The highest BCUT2D eigenvalue weighted by atomic mass is 28.3. The lowest BCUT2D eigenvalue weighted by molar-refractivity contribution is 1.17. The van der Waals surface area contributed by atoms with Crippen molar-refractivity contribution >= 4 is 70.1 Å². The van der Waals surface area contributed by atoms with Gasteiger partial charge in [0.2, 0.25) is 0 Å². The lowest BCUT2D eigenvalue weighted by Crippen LogP contribution is -2.37. The Hall–Kier alpha value is -4.65. The summed E-state index contributed by atoms with van der Waals surface area (Å²) in [5.74, 6) is 0. The van der Waals surface area contributed by atoms with Crippen molar-refractivity contribution in [3.8, 4) is 22.5 Å². The number of fused-ring (bicyclic) bond motifs is 6. The third-order valence-corrected chi connectivity index (χ3v) is 13.7. The minimum atomic E-state index is -1.44. The van der Waals surface area contributed by atoms with E-state index in [9.17, 15) is 0 Å². The van der Waals surface area contributed by atoms with Gasteiger partial charge in [0, 0.05) is 32.9 Å². The largest absolute Gasteiger partial charge is 0.309 e. The maximum Gasteiger partial charge on any atom is 0.0776 e. The topological polar surface area (TPSA) is 9.86 Å². The van der Waals surface area contributed by atoms with Crippen molar-refractivity contribution in [1.29, 1.82) is 0 Å². The summed E-state index contributed by atoms with van der Waals surface area (Å²) in [7, 11) is -2.89. The van der Waals surface area contributed by atoms with Crippen molar-refractivity contribution in [1.82, 2.24) is 9.13 Å². The van der Waals surface area contributed by atoms with Crippen molar-refractivity contribution in [3.63, 3.8) is 0 Å². The number of para-hydroxylation sites is 2. The van der Waals surface area contributed by atoms with E-state index in [-0.39, 0.29) is 0 Å². The van der Waals surface area contributed by atoms with E-state index >= 15 is 0 Å². The van der Waals surface area contributed by atoms with Gasteiger partial charge in [0.1, 0.15) is 0 Å². The van der Waals surface area contributed by atoms with Crippen molar-refractivity contribution in [2.45, 2.75) is 39.3 Å². The van der Waals surface area contributed by atoms with Gasteiger partial charge >= 0.3 is 0 Å². The molecule has 0 N–H and O–H groups in total. The number of aromatic nitrogens is 2. The molecule has 6 aromatic carbocycles. The third-order valence-electron chi connectivity index (χ3n) is 9.62. The Morgan fingerprint density at radius 1 is 0.348 bits per heavy atom. The molecule has 8 rings (SSSR count). The van der Waals surface area contributed by atoms with Gasteiger partial charge in [0.05, 0.1) is 38.2 Å². The summed E-state index contributed by atoms with van der Waals surface area (Å²) in [6.07, 6.45) is 0. The predicted octanol–water partition coefficient (Wildman–Crippen LogP) is 10.6. The second-order valence-corrected chi connectivity index (χ2v) is 24.9. The van der Waals surface area contributed by atoms with Gasteiger partial charge in [-0.2, -0.15) is 0 Å². The van der Waals surface area contributed by atoms with Crippen LogP contribution in [0.3, 0.4) is 0 Å². The Morgan fingerprint density at radius 2 is 0.739 bits per heavy atom. The van der Waals surface area contributed by atoms with Crippen molar-refractivity contribution in [2.24, 2.45) is 0 Å². The normalized spacial score (nSPS) is 12.6. The highest BCUT2D eigenvalue weighted by molar-refractivity contribution is 6.89. The fraction of sp³-hybridized carbons (Fsp3) is 0.143. The van der Waals surface area contributed by atoms with Gasteiger partial charge in [-0.25, -0.2) is 0 Å². The van der Waals surface area contributed by atoms with Gasteiger partial charge in [0.15, 0.2) is 0 Å². The quantitative estimate of drug-likeness (QED) is 0.168. The van der Waals surface area contributed by atoms with Crippen LogP contribution in [0.4, 0.5) is 0 Å². The fourth-order valence-electron chi connectivity index (χ4n) is 7.08. The van der Waals surface area contributed by atoms with Gasteiger partial charge < -0.3 is 9.13 Å². The highest BCUT2D eigenvalue weighted by Gasteiger charge is 2.21. The molecule has 0 fully saturated rings. The molecule has 0 unspecified atom stereocenters. The Labute approximate surface area is 273 Å². The molecule has 226 valence electrons. The number of hydrogen-bond donors (Lipinski definition) is 0. The highest BCUT2D eigenvalue weighted by Crippen LogP contribution is 2.35. The first-order chi connectivity index (χ1) is 22.1. The van der Waals surface area contributed by atoms with E-state index in [1.165, 1.54) is 76.5 Å². The first-order valence-electron chi connectivity index (χ1n) is 16.4. The van der Waals surface area contributed by atoms with Crippen LogP contribution in [0.15, 0.2) is 133 Å². The van der Waals surface area contributed by atoms with Crippen molar-refractivity contribution in [3.05, 3.63) is 133 Å². The molecule has 0 bridgehead atoms. The molecule has 46 heavy (non-hydrogen) atoms. The lowest BCUT2D eigenvalue weighted by atomic mass is 10.0. The first kappa shape index (κ1) is 28.8. The second kappa shape index (κ2) is 10.4. The molecule has 2 heterocycles. The zero-order valence-electron chi connectivity index (χ0n) is 27.6. The van der Waals surface area contributed by atoms with Crippen LogP contribution in [-0.2, 0) is 0 Å². The van der Waals surface area contributed by atoms with E-state index in [2.05, 4.69) is 182 Å². The summed E-state index contributed by atoms with van der Waals surface area (Å²) in [6.45, 7) is 14.6. The average Bonchev–Trinajstić information content (AvgIpc) is 3.56. The van der Waals surface area contributed by atoms with Crippen LogP contribution in [-0.4, -0.2) is 25.3 Å². The summed E-state index contributed by atoms with van der Waals surface area (Å²) in [4.78, 5) is 0. The molecular weight excluding hydrogens is 589 g/mol. The Bertz CT molecular complexity index is 2270. The van der Waals surface area contributed by atoms with Crippen LogP contribution in [0.5, 0.6) is 0 Å². The van der Waals surface area contributed by atoms with E-state index in [0.717, 1.165) is 0 Å². The molecule has 0 spiro atoms. The van der Waals surface area contributed by atoms with Crippen LogP contribution in [0.2, 0.25) is 39.3 Å². The van der Waals surface area contributed by atoms with E-state index in [1.54, 1.807) is 0 Å². The zero-order valence-corrected chi connectivity index (χ0v) is 29.6. The molecule has 0 aliphatic rings. The summed E-state index contributed by atoms with van der Waals surface area (Å²) in [5.41, 5.74) is 9.82. The van der Waals surface area contributed by atoms with Crippen LogP contribution in [0.1, 0.15) is 0 Å². The molecule has 8 aromatic rings. The molecule has 0 saturated heterocycles.